The number of pyridine rings is 2. The molecule has 1 aliphatic carbocycles. The predicted molar refractivity (Wildman–Crippen MR) is 98.9 cm³/mol. The molecule has 0 spiro atoms. The average Bonchev–Trinajstić information content (AvgIpc) is 2.94. The number of anilines is 1. The normalized spacial score (nSPS) is 14.5. The van der Waals surface area contributed by atoms with Crippen LogP contribution in [0.3, 0.4) is 0 Å². The van der Waals surface area contributed by atoms with Crippen molar-refractivity contribution in [3.8, 4) is 11.1 Å². The molecular weight excluding hydrogens is 386 g/mol. The molecule has 29 heavy (non-hydrogen) atoms. The van der Waals surface area contributed by atoms with Gasteiger partial charge in [0.05, 0.1) is 12.4 Å². The van der Waals surface area contributed by atoms with Crippen LogP contribution in [0.5, 0.6) is 0 Å². The molecule has 0 radical (unpaired) electrons. The van der Waals surface area contributed by atoms with Gasteiger partial charge >= 0.3 is 0 Å². The summed E-state index contributed by atoms with van der Waals surface area (Å²) in [5.74, 6) is -5.77. The van der Waals surface area contributed by atoms with Crippen LogP contribution < -0.4 is 5.32 Å². The van der Waals surface area contributed by atoms with Crippen LogP contribution in [-0.2, 0) is 12.8 Å². The number of aryl methyl sites for hydroxylation is 1. The quantitative estimate of drug-likeness (QED) is 0.647. The first kappa shape index (κ1) is 19.0. The van der Waals surface area contributed by atoms with Gasteiger partial charge in [-0.1, -0.05) is 12.1 Å². The van der Waals surface area contributed by atoms with Crippen molar-refractivity contribution in [3.63, 3.8) is 0 Å². The molecule has 0 saturated heterocycles. The monoisotopic (exact) mass is 401 g/mol. The van der Waals surface area contributed by atoms with Crippen LogP contribution in [0, 0.1) is 18.6 Å². The van der Waals surface area contributed by atoms with Crippen LogP contribution >= 0.6 is 0 Å². The number of alkyl halides is 2. The SMILES string of the molecule is Cc1cc2c(cc1-c1ccc(NC(=O)c3c(F)cncc3F)nc1)CC(F)(F)C2. The number of nitrogens with one attached hydrogen (secondary N) is 1. The molecule has 1 aromatic carbocycles. The number of fused-ring (bicyclic) bond motifs is 1. The van der Waals surface area contributed by atoms with E-state index in [1.54, 1.807) is 18.2 Å². The van der Waals surface area contributed by atoms with Crippen molar-refractivity contribution >= 4 is 11.7 Å². The van der Waals surface area contributed by atoms with Gasteiger partial charge in [-0.15, -0.1) is 0 Å². The number of carbonyl (C=O) groups excluding carboxylic acids is 1. The largest absolute Gasteiger partial charge is 0.306 e. The Balaban J connectivity index is 1.57. The zero-order valence-electron chi connectivity index (χ0n) is 15.3. The topological polar surface area (TPSA) is 54.9 Å². The summed E-state index contributed by atoms with van der Waals surface area (Å²) in [7, 11) is 0. The zero-order chi connectivity index (χ0) is 20.8. The van der Waals surface area contributed by atoms with E-state index in [1.807, 2.05) is 6.92 Å². The lowest BCUT2D eigenvalue weighted by Gasteiger charge is -2.10. The third-order valence-corrected chi connectivity index (χ3v) is 4.84. The van der Waals surface area contributed by atoms with Crippen molar-refractivity contribution in [1.29, 1.82) is 0 Å². The van der Waals surface area contributed by atoms with Gasteiger partial charge in [0.15, 0.2) is 11.6 Å². The number of hydrogen-bond donors (Lipinski definition) is 1. The Kier molecular flexibility index (Phi) is 4.56. The van der Waals surface area contributed by atoms with Gasteiger partial charge in [-0.05, 0) is 41.3 Å². The van der Waals surface area contributed by atoms with E-state index in [0.717, 1.165) is 23.5 Å². The Bertz CT molecular complexity index is 1090. The second kappa shape index (κ2) is 6.95. The second-order valence-corrected chi connectivity index (χ2v) is 7.01. The molecule has 4 nitrogen and oxygen atoms in total. The maximum absolute atomic E-state index is 13.7. The van der Waals surface area contributed by atoms with Crippen LogP contribution in [0.1, 0.15) is 27.0 Å². The molecule has 2 aromatic heterocycles. The highest BCUT2D eigenvalue weighted by atomic mass is 19.3. The summed E-state index contributed by atoms with van der Waals surface area (Å²) >= 11 is 0. The lowest BCUT2D eigenvalue weighted by Crippen LogP contribution is -2.16. The summed E-state index contributed by atoms with van der Waals surface area (Å²) in [5, 5.41) is 2.33. The lowest BCUT2D eigenvalue weighted by molar-refractivity contribution is 0.0130. The molecule has 3 aromatic rings. The Morgan fingerprint density at radius 3 is 2.31 bits per heavy atom. The molecule has 4 rings (SSSR count). The minimum Gasteiger partial charge on any atom is -0.306 e. The first-order valence-corrected chi connectivity index (χ1v) is 8.80. The highest BCUT2D eigenvalue weighted by Gasteiger charge is 2.37. The molecular formula is C21H15F4N3O. The number of halogens is 4. The van der Waals surface area contributed by atoms with Crippen molar-refractivity contribution in [3.05, 3.63) is 76.7 Å². The molecule has 0 saturated carbocycles. The number of amides is 1. The van der Waals surface area contributed by atoms with Gasteiger partial charge in [-0.25, -0.2) is 22.5 Å². The van der Waals surface area contributed by atoms with Crippen LogP contribution in [0.2, 0.25) is 0 Å². The number of carbonyl (C=O) groups is 1. The summed E-state index contributed by atoms with van der Waals surface area (Å²) in [6, 6.07) is 6.63. The van der Waals surface area contributed by atoms with E-state index in [9.17, 15) is 22.4 Å². The van der Waals surface area contributed by atoms with Crippen molar-refractivity contribution in [2.75, 3.05) is 5.32 Å². The molecule has 0 atom stereocenters. The molecule has 148 valence electrons. The van der Waals surface area contributed by atoms with Gasteiger partial charge < -0.3 is 5.32 Å². The lowest BCUT2D eigenvalue weighted by atomic mass is 9.96. The smallest absolute Gasteiger partial charge is 0.262 e. The van der Waals surface area contributed by atoms with E-state index < -0.39 is 29.0 Å². The summed E-state index contributed by atoms with van der Waals surface area (Å²) in [6.07, 6.45) is 2.41. The molecule has 8 heteroatoms. The standard InChI is InChI=1S/C21H15F4N3O/c1-11-4-13-6-21(24,25)7-14(13)5-15(11)12-2-3-18(27-8-12)28-20(29)19-16(22)9-26-10-17(19)23/h2-5,8-10H,6-7H2,1H3,(H,27,28,29). The molecule has 2 heterocycles. The van der Waals surface area contributed by atoms with Crippen LogP contribution in [-0.4, -0.2) is 21.8 Å². The van der Waals surface area contributed by atoms with Crippen molar-refractivity contribution < 1.29 is 22.4 Å². The third-order valence-electron chi connectivity index (χ3n) is 4.84. The molecule has 1 N–H and O–H groups in total. The van der Waals surface area contributed by atoms with E-state index in [2.05, 4.69) is 15.3 Å². The molecule has 0 unspecified atom stereocenters. The van der Waals surface area contributed by atoms with Crippen molar-refractivity contribution in [2.24, 2.45) is 0 Å². The fraction of sp³-hybridized carbons (Fsp3) is 0.190. The zero-order valence-corrected chi connectivity index (χ0v) is 15.3. The molecule has 0 fully saturated rings. The first-order chi connectivity index (χ1) is 13.7. The summed E-state index contributed by atoms with van der Waals surface area (Å²) < 4.78 is 54.6. The number of nitrogens with zero attached hydrogens (tertiary/aromatic N) is 2. The van der Waals surface area contributed by atoms with E-state index in [4.69, 9.17) is 0 Å². The maximum atomic E-state index is 13.7. The van der Waals surface area contributed by atoms with Crippen LogP contribution in [0.25, 0.3) is 11.1 Å². The summed E-state index contributed by atoms with van der Waals surface area (Å²) in [4.78, 5) is 19.6. The highest BCUT2D eigenvalue weighted by Crippen LogP contribution is 2.38. The Morgan fingerprint density at radius 1 is 1.03 bits per heavy atom. The Morgan fingerprint density at radius 2 is 1.69 bits per heavy atom. The summed E-state index contributed by atoms with van der Waals surface area (Å²) in [5.41, 5.74) is 2.78. The number of benzene rings is 1. The first-order valence-electron chi connectivity index (χ1n) is 8.80. The highest BCUT2D eigenvalue weighted by molar-refractivity contribution is 6.04. The maximum Gasteiger partial charge on any atom is 0.262 e. The van der Waals surface area contributed by atoms with Crippen LogP contribution in [0.4, 0.5) is 23.4 Å². The van der Waals surface area contributed by atoms with E-state index in [0.29, 0.717) is 16.7 Å². The van der Waals surface area contributed by atoms with Gasteiger partial charge in [-0.3, -0.25) is 9.78 Å². The van der Waals surface area contributed by atoms with Gasteiger partial charge in [-0.2, -0.15) is 0 Å². The number of aromatic nitrogens is 2. The minimum absolute atomic E-state index is 0.0970. The van der Waals surface area contributed by atoms with Crippen LogP contribution in [0.15, 0.2) is 42.9 Å². The molecule has 0 bridgehead atoms. The van der Waals surface area contributed by atoms with Crippen molar-refractivity contribution in [2.45, 2.75) is 25.7 Å². The van der Waals surface area contributed by atoms with Gasteiger partial charge in [0, 0.05) is 24.6 Å². The minimum atomic E-state index is -2.72. The fourth-order valence-corrected chi connectivity index (χ4v) is 3.51. The summed E-state index contributed by atoms with van der Waals surface area (Å²) in [6.45, 7) is 1.83. The fourth-order valence-electron chi connectivity index (χ4n) is 3.51. The van der Waals surface area contributed by atoms with Gasteiger partial charge in [0.25, 0.3) is 11.8 Å². The van der Waals surface area contributed by atoms with Gasteiger partial charge in [0.1, 0.15) is 11.4 Å². The third kappa shape index (κ3) is 3.70. The van der Waals surface area contributed by atoms with E-state index >= 15 is 0 Å². The Labute approximate surface area is 163 Å². The molecule has 1 aliphatic rings. The number of hydrogen-bond acceptors (Lipinski definition) is 3. The molecule has 0 aliphatic heterocycles. The number of rotatable bonds is 3. The Hall–Kier alpha value is -3.29. The molecule has 1 amide bonds. The second-order valence-electron chi connectivity index (χ2n) is 7.01. The van der Waals surface area contributed by atoms with E-state index in [1.165, 1.54) is 12.3 Å². The average molecular weight is 401 g/mol. The van der Waals surface area contributed by atoms with E-state index in [-0.39, 0.29) is 18.7 Å². The van der Waals surface area contributed by atoms with Gasteiger partial charge in [0.2, 0.25) is 0 Å². The van der Waals surface area contributed by atoms with Crippen molar-refractivity contribution in [1.82, 2.24) is 9.97 Å². The predicted octanol–water partition coefficient (Wildman–Crippen LogP) is 4.72.